The average molecular weight is 325 g/mol. The minimum Gasteiger partial charge on any atom is -0.483 e. The third-order valence-electron chi connectivity index (χ3n) is 4.37. The van der Waals surface area contributed by atoms with Crippen molar-refractivity contribution in [2.45, 2.75) is 25.7 Å². The second kappa shape index (κ2) is 6.43. The first-order chi connectivity index (χ1) is 11.8. The first kappa shape index (κ1) is 14.9. The number of carbonyl (C=O) groups is 1. The van der Waals surface area contributed by atoms with Crippen LogP contribution in [0.1, 0.15) is 24.0 Å². The Hall–Kier alpha value is -2.69. The summed E-state index contributed by atoms with van der Waals surface area (Å²) in [6, 6.07) is 11.4. The van der Waals surface area contributed by atoms with Crippen molar-refractivity contribution in [3.8, 4) is 17.2 Å². The normalized spacial score (nSPS) is 14.8. The number of ether oxygens (including phenoxy) is 3. The van der Waals surface area contributed by atoms with Gasteiger partial charge in [-0.05, 0) is 55.0 Å². The minimum atomic E-state index is -0.192. The molecule has 1 aliphatic heterocycles. The number of anilines is 1. The number of aryl methyl sites for hydroxylation is 1. The molecular formula is C19H19NO4. The number of hydrogen-bond acceptors (Lipinski definition) is 4. The van der Waals surface area contributed by atoms with Crippen molar-refractivity contribution in [1.82, 2.24) is 0 Å². The van der Waals surface area contributed by atoms with Crippen LogP contribution >= 0.6 is 0 Å². The summed E-state index contributed by atoms with van der Waals surface area (Å²) in [6.45, 7) is 0.208. The van der Waals surface area contributed by atoms with E-state index in [9.17, 15) is 4.79 Å². The number of amides is 1. The molecule has 0 bridgehead atoms. The second-order valence-electron chi connectivity index (χ2n) is 6.01. The first-order valence-electron chi connectivity index (χ1n) is 8.23. The van der Waals surface area contributed by atoms with Crippen molar-refractivity contribution in [3.05, 3.63) is 47.5 Å². The fourth-order valence-corrected chi connectivity index (χ4v) is 3.20. The van der Waals surface area contributed by atoms with Crippen molar-refractivity contribution in [1.29, 1.82) is 0 Å². The molecule has 0 fully saturated rings. The van der Waals surface area contributed by atoms with E-state index in [0.29, 0.717) is 17.2 Å². The highest BCUT2D eigenvalue weighted by Gasteiger charge is 2.16. The summed E-state index contributed by atoms with van der Waals surface area (Å²) < 4.78 is 16.3. The molecule has 0 saturated carbocycles. The van der Waals surface area contributed by atoms with E-state index in [2.05, 4.69) is 11.4 Å². The van der Waals surface area contributed by atoms with Crippen molar-refractivity contribution in [3.63, 3.8) is 0 Å². The molecule has 24 heavy (non-hydrogen) atoms. The molecule has 1 aliphatic carbocycles. The molecule has 0 unspecified atom stereocenters. The predicted octanol–water partition coefficient (Wildman–Crippen LogP) is 3.31. The molecule has 124 valence electrons. The molecule has 4 rings (SSSR count). The lowest BCUT2D eigenvalue weighted by Gasteiger charge is -2.19. The van der Waals surface area contributed by atoms with Gasteiger partial charge in [0.25, 0.3) is 5.91 Å². The van der Waals surface area contributed by atoms with E-state index in [4.69, 9.17) is 14.2 Å². The van der Waals surface area contributed by atoms with E-state index >= 15 is 0 Å². The van der Waals surface area contributed by atoms with Crippen LogP contribution in [0.4, 0.5) is 5.69 Å². The molecule has 0 atom stereocenters. The number of rotatable bonds is 4. The fraction of sp³-hybridized carbons (Fsp3) is 0.316. The molecule has 5 nitrogen and oxygen atoms in total. The van der Waals surface area contributed by atoms with E-state index < -0.39 is 0 Å². The summed E-state index contributed by atoms with van der Waals surface area (Å²) in [5, 5.41) is 2.82. The lowest BCUT2D eigenvalue weighted by molar-refractivity contribution is -0.118. The molecule has 1 N–H and O–H groups in total. The molecule has 0 spiro atoms. The summed E-state index contributed by atoms with van der Waals surface area (Å²) >= 11 is 0. The standard InChI is InChI=1S/C19H19NO4/c21-19(20-14-8-9-17-18(10-14)24-12-23-17)11-22-16-7-3-5-13-4-1-2-6-15(13)16/h3,5,7-10H,1-2,4,6,11-12H2,(H,20,21). The average Bonchev–Trinajstić information content (AvgIpc) is 3.07. The number of carbonyl (C=O) groups excluding carboxylic acids is 1. The lowest BCUT2D eigenvalue weighted by atomic mass is 9.91. The SMILES string of the molecule is O=C(COc1cccc2c1CCCC2)Nc1ccc2c(c1)OCO2. The molecule has 2 aromatic rings. The zero-order valence-electron chi connectivity index (χ0n) is 13.3. The Bertz CT molecular complexity index is 772. The van der Waals surface area contributed by atoms with Crippen molar-refractivity contribution >= 4 is 11.6 Å². The van der Waals surface area contributed by atoms with Gasteiger partial charge in [-0.1, -0.05) is 12.1 Å². The van der Waals surface area contributed by atoms with Gasteiger partial charge in [0.05, 0.1) is 0 Å². The molecular weight excluding hydrogens is 306 g/mol. The van der Waals surface area contributed by atoms with Gasteiger partial charge in [0.1, 0.15) is 5.75 Å². The Morgan fingerprint density at radius 1 is 1.08 bits per heavy atom. The van der Waals surface area contributed by atoms with Gasteiger partial charge in [0.2, 0.25) is 6.79 Å². The van der Waals surface area contributed by atoms with Crippen molar-refractivity contribution < 1.29 is 19.0 Å². The zero-order valence-corrected chi connectivity index (χ0v) is 13.3. The van der Waals surface area contributed by atoms with Gasteiger partial charge in [0.15, 0.2) is 18.1 Å². The highest BCUT2D eigenvalue weighted by molar-refractivity contribution is 5.92. The van der Waals surface area contributed by atoms with E-state index in [-0.39, 0.29) is 19.3 Å². The van der Waals surface area contributed by atoms with Gasteiger partial charge in [0, 0.05) is 11.8 Å². The molecule has 0 aromatic heterocycles. The van der Waals surface area contributed by atoms with Crippen LogP contribution < -0.4 is 19.5 Å². The van der Waals surface area contributed by atoms with Crippen LogP contribution in [0.3, 0.4) is 0 Å². The Kier molecular flexibility index (Phi) is 3.99. The summed E-state index contributed by atoms with van der Waals surface area (Å²) in [5.41, 5.74) is 3.26. The maximum Gasteiger partial charge on any atom is 0.262 e. The second-order valence-corrected chi connectivity index (χ2v) is 6.01. The number of fused-ring (bicyclic) bond motifs is 2. The summed E-state index contributed by atoms with van der Waals surface area (Å²) in [7, 11) is 0. The van der Waals surface area contributed by atoms with E-state index in [1.165, 1.54) is 24.0 Å². The molecule has 2 aromatic carbocycles. The van der Waals surface area contributed by atoms with Crippen LogP contribution in [0.2, 0.25) is 0 Å². The van der Waals surface area contributed by atoms with Gasteiger partial charge < -0.3 is 19.5 Å². The van der Waals surface area contributed by atoms with Crippen LogP contribution in [0.15, 0.2) is 36.4 Å². The number of nitrogens with one attached hydrogen (secondary N) is 1. The Balaban J connectivity index is 1.39. The van der Waals surface area contributed by atoms with Crippen LogP contribution in [0.5, 0.6) is 17.2 Å². The van der Waals surface area contributed by atoms with Crippen LogP contribution in [-0.2, 0) is 17.6 Å². The largest absolute Gasteiger partial charge is 0.483 e. The van der Waals surface area contributed by atoms with E-state index in [0.717, 1.165) is 18.6 Å². The maximum absolute atomic E-state index is 12.1. The quantitative estimate of drug-likeness (QED) is 0.937. The highest BCUT2D eigenvalue weighted by atomic mass is 16.7. The molecule has 1 heterocycles. The van der Waals surface area contributed by atoms with Gasteiger partial charge in [-0.15, -0.1) is 0 Å². The Morgan fingerprint density at radius 2 is 1.96 bits per heavy atom. The monoisotopic (exact) mass is 325 g/mol. The van der Waals surface area contributed by atoms with Crippen LogP contribution in [-0.4, -0.2) is 19.3 Å². The van der Waals surface area contributed by atoms with Gasteiger partial charge in [-0.2, -0.15) is 0 Å². The molecule has 2 aliphatic rings. The molecule has 5 heteroatoms. The van der Waals surface area contributed by atoms with Crippen LogP contribution in [0.25, 0.3) is 0 Å². The summed E-state index contributed by atoms with van der Waals surface area (Å²) in [6.07, 6.45) is 4.52. The third kappa shape index (κ3) is 3.02. The highest BCUT2D eigenvalue weighted by Crippen LogP contribution is 2.34. The Labute approximate surface area is 140 Å². The number of hydrogen-bond donors (Lipinski definition) is 1. The zero-order chi connectivity index (χ0) is 16.4. The van der Waals surface area contributed by atoms with Crippen molar-refractivity contribution in [2.24, 2.45) is 0 Å². The third-order valence-corrected chi connectivity index (χ3v) is 4.37. The minimum absolute atomic E-state index is 0.00903. The lowest BCUT2D eigenvalue weighted by Crippen LogP contribution is -2.21. The fourth-order valence-electron chi connectivity index (χ4n) is 3.20. The van der Waals surface area contributed by atoms with Gasteiger partial charge in [-0.25, -0.2) is 0 Å². The molecule has 1 amide bonds. The predicted molar refractivity (Wildman–Crippen MR) is 89.8 cm³/mol. The van der Waals surface area contributed by atoms with E-state index in [1.54, 1.807) is 18.2 Å². The Morgan fingerprint density at radius 3 is 2.92 bits per heavy atom. The molecule has 0 radical (unpaired) electrons. The summed E-state index contributed by atoms with van der Waals surface area (Å²) in [5.74, 6) is 1.97. The smallest absolute Gasteiger partial charge is 0.262 e. The van der Waals surface area contributed by atoms with Gasteiger partial charge >= 0.3 is 0 Å². The van der Waals surface area contributed by atoms with Gasteiger partial charge in [-0.3, -0.25) is 4.79 Å². The topological polar surface area (TPSA) is 56.8 Å². The molecule has 0 saturated heterocycles. The summed E-state index contributed by atoms with van der Waals surface area (Å²) in [4.78, 5) is 12.1. The maximum atomic E-state index is 12.1. The van der Waals surface area contributed by atoms with Crippen LogP contribution in [0, 0.1) is 0 Å². The number of benzene rings is 2. The van der Waals surface area contributed by atoms with Crippen molar-refractivity contribution in [2.75, 3.05) is 18.7 Å². The first-order valence-corrected chi connectivity index (χ1v) is 8.23. The van der Waals surface area contributed by atoms with E-state index in [1.807, 2.05) is 12.1 Å².